The molecule has 0 fully saturated rings. The van der Waals surface area contributed by atoms with Gasteiger partial charge in [0.1, 0.15) is 5.75 Å². The van der Waals surface area contributed by atoms with Crippen molar-refractivity contribution in [3.8, 4) is 22.7 Å². The summed E-state index contributed by atoms with van der Waals surface area (Å²) in [5.74, 6) is 0.841. The second-order valence-electron chi connectivity index (χ2n) is 7.28. The van der Waals surface area contributed by atoms with E-state index in [2.05, 4.69) is 16.5 Å². The smallest absolute Gasteiger partial charge is 0.297 e. The molecule has 4 aromatic rings. The van der Waals surface area contributed by atoms with Crippen LogP contribution in [0.2, 0.25) is 0 Å². The summed E-state index contributed by atoms with van der Waals surface area (Å²) in [6, 6.07) is 17.6. The summed E-state index contributed by atoms with van der Waals surface area (Å²) in [6.07, 6.45) is 1.84. The van der Waals surface area contributed by atoms with Crippen molar-refractivity contribution in [3.05, 3.63) is 93.5 Å². The average molecular weight is 447 g/mol. The number of allylic oxidation sites excluding steroid dienone is 1. The lowest BCUT2D eigenvalue weighted by Gasteiger charge is -2.08. The van der Waals surface area contributed by atoms with E-state index in [0.29, 0.717) is 18.8 Å². The van der Waals surface area contributed by atoms with Crippen molar-refractivity contribution in [2.24, 2.45) is 12.0 Å². The Bertz CT molecular complexity index is 1360. The first-order chi connectivity index (χ1) is 15.5. The van der Waals surface area contributed by atoms with E-state index in [0.717, 1.165) is 33.2 Å². The van der Waals surface area contributed by atoms with E-state index in [9.17, 15) is 4.79 Å². The molecule has 0 radical (unpaired) electrons. The fourth-order valence-corrected chi connectivity index (χ4v) is 4.55. The Morgan fingerprint density at radius 1 is 1.12 bits per heavy atom. The fraction of sp³-hybridized carbons (Fsp3) is 0.200. The van der Waals surface area contributed by atoms with E-state index in [1.807, 2.05) is 86.3 Å². The minimum Gasteiger partial charge on any atom is -0.494 e. The molecule has 0 amide bonds. The summed E-state index contributed by atoms with van der Waals surface area (Å²) in [5.41, 5.74) is 3.99. The lowest BCUT2D eigenvalue weighted by atomic mass is 10.1. The Morgan fingerprint density at radius 2 is 1.84 bits per heavy atom. The van der Waals surface area contributed by atoms with Crippen LogP contribution in [0.4, 0.5) is 5.69 Å². The van der Waals surface area contributed by atoms with Crippen LogP contribution < -0.4 is 15.1 Å². The predicted molar refractivity (Wildman–Crippen MR) is 130 cm³/mol. The molecular formula is C25H26N4O2S. The highest BCUT2D eigenvalue weighted by Gasteiger charge is 2.16. The maximum Gasteiger partial charge on any atom is 0.297 e. The van der Waals surface area contributed by atoms with Gasteiger partial charge in [-0.3, -0.25) is 9.48 Å². The molecule has 2 aromatic carbocycles. The molecule has 0 N–H and O–H groups in total. The topological polar surface area (TPSA) is 53.4 Å². The van der Waals surface area contributed by atoms with Gasteiger partial charge in [0.05, 0.1) is 23.7 Å². The third-order valence-electron chi connectivity index (χ3n) is 5.30. The third-order valence-corrected chi connectivity index (χ3v) is 6.17. The molecule has 0 aliphatic carbocycles. The molecular weight excluding hydrogens is 420 g/mol. The van der Waals surface area contributed by atoms with E-state index >= 15 is 0 Å². The van der Waals surface area contributed by atoms with Gasteiger partial charge < -0.3 is 9.30 Å². The molecule has 2 aromatic heterocycles. The van der Waals surface area contributed by atoms with Gasteiger partial charge in [-0.1, -0.05) is 24.3 Å². The minimum absolute atomic E-state index is 0.141. The molecule has 0 atom stereocenters. The monoisotopic (exact) mass is 446 g/mol. The quantitative estimate of drug-likeness (QED) is 0.382. The second kappa shape index (κ2) is 9.28. The van der Waals surface area contributed by atoms with Crippen LogP contribution in [-0.2, 0) is 13.6 Å². The summed E-state index contributed by atoms with van der Waals surface area (Å²) >= 11 is 1.51. The molecule has 0 spiro atoms. The molecule has 164 valence electrons. The molecule has 7 heteroatoms. The number of aromatic nitrogens is 3. The highest BCUT2D eigenvalue weighted by molar-refractivity contribution is 7.07. The Labute approximate surface area is 191 Å². The average Bonchev–Trinajstić information content (AvgIpc) is 3.29. The standard InChI is InChI=1S/C25H26N4O2S/c1-5-16-28-22(19-12-14-21(15-13-19)31-6-2)17-32-25(28)26-23-18(3)27(4)29(24(23)30)20-10-8-7-9-11-20/h5,7-15,17H,1,6,16H2,2-4H3. The Hall–Kier alpha value is -3.58. The van der Waals surface area contributed by atoms with E-state index in [1.165, 1.54) is 11.3 Å². The molecule has 0 saturated heterocycles. The van der Waals surface area contributed by atoms with Crippen LogP contribution in [0.3, 0.4) is 0 Å². The van der Waals surface area contributed by atoms with Crippen LogP contribution in [0, 0.1) is 6.92 Å². The molecule has 0 saturated carbocycles. The van der Waals surface area contributed by atoms with Gasteiger partial charge in [-0.2, -0.15) is 0 Å². The highest BCUT2D eigenvalue weighted by Crippen LogP contribution is 2.24. The molecule has 0 bridgehead atoms. The number of ether oxygens (including phenoxy) is 1. The number of nitrogens with zero attached hydrogens (tertiary/aromatic N) is 4. The third kappa shape index (κ3) is 3.99. The van der Waals surface area contributed by atoms with Crippen LogP contribution in [0.5, 0.6) is 5.75 Å². The maximum absolute atomic E-state index is 13.3. The SMILES string of the molecule is C=CCn1c(-c2ccc(OCC)cc2)csc1=Nc1c(C)n(C)n(-c2ccccc2)c1=O. The van der Waals surface area contributed by atoms with E-state index in [-0.39, 0.29) is 5.56 Å². The maximum atomic E-state index is 13.3. The number of thiazole rings is 1. The van der Waals surface area contributed by atoms with Crippen molar-refractivity contribution in [2.45, 2.75) is 20.4 Å². The predicted octanol–water partition coefficient (Wildman–Crippen LogP) is 4.83. The van der Waals surface area contributed by atoms with Crippen molar-refractivity contribution < 1.29 is 4.74 Å². The number of hydrogen-bond donors (Lipinski definition) is 0. The molecule has 4 rings (SSSR count). The van der Waals surface area contributed by atoms with E-state index in [4.69, 9.17) is 9.73 Å². The molecule has 6 nitrogen and oxygen atoms in total. The van der Waals surface area contributed by atoms with Crippen LogP contribution in [0.25, 0.3) is 16.9 Å². The van der Waals surface area contributed by atoms with Crippen molar-refractivity contribution >= 4 is 17.0 Å². The summed E-state index contributed by atoms with van der Waals surface area (Å²) in [7, 11) is 1.88. The summed E-state index contributed by atoms with van der Waals surface area (Å²) in [4.78, 5) is 18.8. The lowest BCUT2D eigenvalue weighted by Crippen LogP contribution is -2.20. The molecule has 32 heavy (non-hydrogen) atoms. The number of rotatable bonds is 7. The van der Waals surface area contributed by atoms with Crippen molar-refractivity contribution in [1.82, 2.24) is 13.9 Å². The fourth-order valence-electron chi connectivity index (χ4n) is 3.62. The summed E-state index contributed by atoms with van der Waals surface area (Å²) in [6.45, 7) is 9.01. The zero-order chi connectivity index (χ0) is 22.7. The van der Waals surface area contributed by atoms with Gasteiger partial charge in [-0.25, -0.2) is 9.67 Å². The van der Waals surface area contributed by atoms with Crippen LogP contribution in [0.15, 0.2) is 82.4 Å². The number of benzene rings is 2. The summed E-state index contributed by atoms with van der Waals surface area (Å²) in [5, 5.41) is 2.06. The normalized spacial score (nSPS) is 11.7. The minimum atomic E-state index is -0.141. The van der Waals surface area contributed by atoms with E-state index < -0.39 is 0 Å². The highest BCUT2D eigenvalue weighted by atomic mass is 32.1. The van der Waals surface area contributed by atoms with Crippen LogP contribution in [0.1, 0.15) is 12.6 Å². The lowest BCUT2D eigenvalue weighted by molar-refractivity contribution is 0.340. The van der Waals surface area contributed by atoms with Crippen molar-refractivity contribution in [3.63, 3.8) is 0 Å². The Kier molecular flexibility index (Phi) is 6.28. The Morgan fingerprint density at radius 3 is 2.50 bits per heavy atom. The number of hydrogen-bond acceptors (Lipinski definition) is 4. The number of para-hydroxylation sites is 1. The van der Waals surface area contributed by atoms with Gasteiger partial charge in [0.25, 0.3) is 5.56 Å². The van der Waals surface area contributed by atoms with Gasteiger partial charge in [0.15, 0.2) is 10.5 Å². The molecule has 0 unspecified atom stereocenters. The van der Waals surface area contributed by atoms with Crippen LogP contribution >= 0.6 is 11.3 Å². The largest absolute Gasteiger partial charge is 0.494 e. The summed E-state index contributed by atoms with van der Waals surface area (Å²) < 4.78 is 11.1. The Balaban J connectivity index is 1.84. The first-order valence-electron chi connectivity index (χ1n) is 10.5. The van der Waals surface area contributed by atoms with Gasteiger partial charge >= 0.3 is 0 Å². The molecule has 0 aliphatic rings. The molecule has 2 heterocycles. The van der Waals surface area contributed by atoms with Crippen LogP contribution in [-0.4, -0.2) is 20.5 Å². The molecule has 0 aliphatic heterocycles. The second-order valence-corrected chi connectivity index (χ2v) is 8.12. The van der Waals surface area contributed by atoms with Gasteiger partial charge in [0, 0.05) is 19.0 Å². The first-order valence-corrected chi connectivity index (χ1v) is 11.3. The van der Waals surface area contributed by atoms with Gasteiger partial charge in [-0.05, 0) is 55.8 Å². The first kappa shape index (κ1) is 21.6. The zero-order valence-electron chi connectivity index (χ0n) is 18.5. The van der Waals surface area contributed by atoms with Gasteiger partial charge in [-0.15, -0.1) is 17.9 Å². The zero-order valence-corrected chi connectivity index (χ0v) is 19.3. The van der Waals surface area contributed by atoms with Crippen molar-refractivity contribution in [1.29, 1.82) is 0 Å². The van der Waals surface area contributed by atoms with Gasteiger partial charge in [0.2, 0.25) is 0 Å². The van der Waals surface area contributed by atoms with Crippen molar-refractivity contribution in [2.75, 3.05) is 6.61 Å². The van der Waals surface area contributed by atoms with E-state index in [1.54, 1.807) is 4.68 Å².